The van der Waals surface area contributed by atoms with Crippen molar-refractivity contribution in [3.63, 3.8) is 0 Å². The maximum Gasteiger partial charge on any atom is 0.0764 e. The van der Waals surface area contributed by atoms with E-state index in [0.29, 0.717) is 18.1 Å². The van der Waals surface area contributed by atoms with Crippen molar-refractivity contribution in [2.24, 2.45) is 5.92 Å². The second-order valence-electron chi connectivity index (χ2n) is 5.63. The van der Waals surface area contributed by atoms with Crippen LogP contribution >= 0.6 is 0 Å². The van der Waals surface area contributed by atoms with Crippen molar-refractivity contribution >= 4 is 0 Å². The summed E-state index contributed by atoms with van der Waals surface area (Å²) in [4.78, 5) is 2.48. The van der Waals surface area contributed by atoms with Gasteiger partial charge in [-0.25, -0.2) is 0 Å². The van der Waals surface area contributed by atoms with Gasteiger partial charge in [0.15, 0.2) is 0 Å². The van der Waals surface area contributed by atoms with Crippen molar-refractivity contribution in [1.29, 1.82) is 0 Å². The molecule has 0 radical (unpaired) electrons. The highest BCUT2D eigenvalue weighted by Crippen LogP contribution is 2.34. The van der Waals surface area contributed by atoms with Crippen LogP contribution in [0.4, 0.5) is 0 Å². The second kappa shape index (κ2) is 5.61. The lowest BCUT2D eigenvalue weighted by Crippen LogP contribution is -2.47. The third-order valence-corrected chi connectivity index (χ3v) is 4.39. The maximum absolute atomic E-state index is 9.33. The lowest BCUT2D eigenvalue weighted by molar-refractivity contribution is -0.0594. The largest absolute Gasteiger partial charge is 0.396 e. The summed E-state index contributed by atoms with van der Waals surface area (Å²) in [6, 6.07) is 2.56. The summed E-state index contributed by atoms with van der Waals surface area (Å²) in [6.07, 6.45) is 4.40. The number of aliphatic hydroxyl groups is 1. The molecule has 2 heterocycles. The molecule has 1 aromatic rings. The molecule has 5 heteroatoms. The third-order valence-electron chi connectivity index (χ3n) is 4.39. The summed E-state index contributed by atoms with van der Waals surface area (Å²) < 4.78 is 7.82. The number of morpholine rings is 1. The molecular formula is C14H23N3O2. The quantitative estimate of drug-likeness (QED) is 0.878. The average molecular weight is 265 g/mol. The van der Waals surface area contributed by atoms with E-state index in [9.17, 15) is 5.11 Å². The summed E-state index contributed by atoms with van der Waals surface area (Å²) in [6.45, 7) is 5.97. The molecule has 3 atom stereocenters. The summed E-state index contributed by atoms with van der Waals surface area (Å²) in [5.74, 6) is 0.406. The van der Waals surface area contributed by atoms with E-state index in [4.69, 9.17) is 4.74 Å². The molecule has 1 aromatic heterocycles. The van der Waals surface area contributed by atoms with Crippen LogP contribution in [-0.2, 0) is 17.8 Å². The van der Waals surface area contributed by atoms with Gasteiger partial charge in [0.2, 0.25) is 0 Å². The fraction of sp³-hybridized carbons (Fsp3) is 0.786. The summed E-state index contributed by atoms with van der Waals surface area (Å²) in [5, 5.41) is 13.9. The molecule has 2 aliphatic rings. The second-order valence-corrected chi connectivity index (χ2v) is 5.63. The van der Waals surface area contributed by atoms with Gasteiger partial charge in [-0.1, -0.05) is 0 Å². The molecule has 106 valence electrons. The zero-order valence-electron chi connectivity index (χ0n) is 11.5. The van der Waals surface area contributed by atoms with Gasteiger partial charge in [0, 0.05) is 38.5 Å². The highest BCUT2D eigenvalue weighted by molar-refractivity contribution is 5.02. The molecule has 0 spiro atoms. The van der Waals surface area contributed by atoms with E-state index in [1.807, 2.05) is 10.9 Å². The summed E-state index contributed by atoms with van der Waals surface area (Å²) in [7, 11) is 0. The van der Waals surface area contributed by atoms with E-state index >= 15 is 0 Å². The van der Waals surface area contributed by atoms with Gasteiger partial charge in [0.25, 0.3) is 0 Å². The molecule has 1 saturated carbocycles. The van der Waals surface area contributed by atoms with Crippen LogP contribution in [0.3, 0.4) is 0 Å². The van der Waals surface area contributed by atoms with Crippen molar-refractivity contribution in [2.45, 2.75) is 45.0 Å². The number of hydrogen-bond acceptors (Lipinski definition) is 4. The molecule has 1 N–H and O–H groups in total. The highest BCUT2D eigenvalue weighted by atomic mass is 16.5. The Kier molecular flexibility index (Phi) is 3.86. The minimum atomic E-state index is 0.286. The number of rotatable bonds is 4. The molecule has 19 heavy (non-hydrogen) atoms. The Morgan fingerprint density at radius 2 is 2.37 bits per heavy atom. The zero-order valence-corrected chi connectivity index (χ0v) is 11.5. The molecule has 0 aromatic carbocycles. The predicted molar refractivity (Wildman–Crippen MR) is 71.6 cm³/mol. The normalized spacial score (nSPS) is 31.6. The Morgan fingerprint density at radius 1 is 1.47 bits per heavy atom. The van der Waals surface area contributed by atoms with Gasteiger partial charge in [-0.2, -0.15) is 5.10 Å². The van der Waals surface area contributed by atoms with Gasteiger partial charge in [0.1, 0.15) is 0 Å². The molecule has 5 nitrogen and oxygen atoms in total. The molecule has 2 fully saturated rings. The predicted octanol–water partition coefficient (Wildman–Crippen LogP) is 0.875. The van der Waals surface area contributed by atoms with Gasteiger partial charge in [0.05, 0.1) is 18.4 Å². The number of fused-ring (bicyclic) bond motifs is 1. The average Bonchev–Trinajstić information content (AvgIpc) is 3.05. The number of aryl methyl sites for hydroxylation is 1. The van der Waals surface area contributed by atoms with Gasteiger partial charge in [-0.05, 0) is 31.7 Å². The maximum atomic E-state index is 9.33. The molecule has 1 aliphatic heterocycles. The summed E-state index contributed by atoms with van der Waals surface area (Å²) in [5.41, 5.74) is 1.13. The lowest BCUT2D eigenvalue weighted by atomic mass is 10.1. The number of aromatic nitrogens is 2. The van der Waals surface area contributed by atoms with E-state index in [1.54, 1.807) is 0 Å². The molecule has 0 bridgehead atoms. The number of ether oxygens (including phenoxy) is 1. The van der Waals surface area contributed by atoms with Crippen LogP contribution in [0.2, 0.25) is 0 Å². The van der Waals surface area contributed by atoms with Gasteiger partial charge in [-0.15, -0.1) is 0 Å². The molecule has 1 unspecified atom stereocenters. The van der Waals surface area contributed by atoms with Crippen LogP contribution in [0.15, 0.2) is 12.3 Å². The molecule has 1 saturated heterocycles. The van der Waals surface area contributed by atoms with E-state index in [-0.39, 0.29) is 6.61 Å². The van der Waals surface area contributed by atoms with Crippen LogP contribution in [0.1, 0.15) is 25.5 Å². The van der Waals surface area contributed by atoms with Crippen molar-refractivity contribution in [2.75, 3.05) is 19.8 Å². The first-order valence-electron chi connectivity index (χ1n) is 7.29. The van der Waals surface area contributed by atoms with Crippen LogP contribution < -0.4 is 0 Å². The van der Waals surface area contributed by atoms with Crippen molar-refractivity contribution < 1.29 is 9.84 Å². The fourth-order valence-corrected chi connectivity index (χ4v) is 3.34. The number of aliphatic hydroxyl groups excluding tert-OH is 1. The van der Waals surface area contributed by atoms with Crippen LogP contribution in [-0.4, -0.2) is 51.7 Å². The minimum absolute atomic E-state index is 0.286. The Hall–Kier alpha value is -0.910. The lowest BCUT2D eigenvalue weighted by Gasteiger charge is -2.37. The Morgan fingerprint density at radius 3 is 3.11 bits per heavy atom. The van der Waals surface area contributed by atoms with Crippen molar-refractivity contribution in [3.05, 3.63) is 18.0 Å². The van der Waals surface area contributed by atoms with Gasteiger partial charge >= 0.3 is 0 Å². The van der Waals surface area contributed by atoms with E-state index < -0.39 is 0 Å². The van der Waals surface area contributed by atoms with Gasteiger partial charge in [-0.3, -0.25) is 9.58 Å². The SMILES string of the molecule is CCn1ccc(CN2CCOC3C[C@H](CO)C[C@@H]32)n1. The number of hydrogen-bond donors (Lipinski definition) is 1. The molecular weight excluding hydrogens is 242 g/mol. The van der Waals surface area contributed by atoms with E-state index in [1.165, 1.54) is 0 Å². The zero-order chi connectivity index (χ0) is 13.2. The summed E-state index contributed by atoms with van der Waals surface area (Å²) >= 11 is 0. The Bertz CT molecular complexity index is 421. The standard InChI is InChI=1S/C14H23N3O2/c1-2-17-4-3-12(15-17)9-16-5-6-19-14-8-11(10-18)7-13(14)16/h3-4,11,13-14,18H,2,5-10H2,1H3/t11-,13+,14?/m1/s1. The molecule has 1 aliphatic carbocycles. The van der Waals surface area contributed by atoms with Crippen molar-refractivity contribution in [1.82, 2.24) is 14.7 Å². The van der Waals surface area contributed by atoms with E-state index in [2.05, 4.69) is 23.0 Å². The Labute approximate surface area is 114 Å². The first-order chi connectivity index (χ1) is 9.30. The third kappa shape index (κ3) is 2.68. The number of nitrogens with zero attached hydrogens (tertiary/aromatic N) is 3. The topological polar surface area (TPSA) is 50.5 Å². The first-order valence-corrected chi connectivity index (χ1v) is 7.29. The van der Waals surface area contributed by atoms with E-state index in [0.717, 1.165) is 44.8 Å². The molecule has 0 amide bonds. The first kappa shape index (κ1) is 13.1. The molecule has 3 rings (SSSR count). The van der Waals surface area contributed by atoms with Gasteiger partial charge < -0.3 is 9.84 Å². The minimum Gasteiger partial charge on any atom is -0.396 e. The Balaban J connectivity index is 1.66. The van der Waals surface area contributed by atoms with Crippen LogP contribution in [0, 0.1) is 5.92 Å². The van der Waals surface area contributed by atoms with Crippen LogP contribution in [0.5, 0.6) is 0 Å². The van der Waals surface area contributed by atoms with Crippen molar-refractivity contribution in [3.8, 4) is 0 Å². The fourth-order valence-electron chi connectivity index (χ4n) is 3.34. The highest BCUT2D eigenvalue weighted by Gasteiger charge is 2.40. The van der Waals surface area contributed by atoms with Crippen LogP contribution in [0.25, 0.3) is 0 Å². The smallest absolute Gasteiger partial charge is 0.0764 e. The monoisotopic (exact) mass is 265 g/mol.